The van der Waals surface area contributed by atoms with Gasteiger partial charge in [-0.25, -0.2) is 0 Å². The zero-order chi connectivity index (χ0) is 21.1. The number of nitrogens with zero attached hydrogens (tertiary/aromatic N) is 1. The van der Waals surface area contributed by atoms with Gasteiger partial charge >= 0.3 is 0 Å². The minimum absolute atomic E-state index is 0.166. The molecule has 0 bridgehead atoms. The molecule has 1 heterocycles. The SMILES string of the molecule is CCOc1cc(C2NC(=S)N(CC)C3=C2C(=O)CCC3)cc(Cl)c1OCC(C)C. The molecule has 0 saturated heterocycles. The number of carbonyl (C=O) groups excluding carboxylic acids is 1. The highest BCUT2D eigenvalue weighted by molar-refractivity contribution is 7.80. The largest absolute Gasteiger partial charge is 0.490 e. The molecule has 7 heteroatoms. The summed E-state index contributed by atoms with van der Waals surface area (Å²) >= 11 is 12.2. The van der Waals surface area contributed by atoms with Crippen LogP contribution in [0.2, 0.25) is 5.02 Å². The highest BCUT2D eigenvalue weighted by atomic mass is 35.5. The number of ketones is 1. The van der Waals surface area contributed by atoms with Gasteiger partial charge < -0.3 is 19.7 Å². The quantitative estimate of drug-likeness (QED) is 0.605. The van der Waals surface area contributed by atoms with E-state index in [0.717, 1.165) is 36.2 Å². The molecule has 0 radical (unpaired) electrons. The van der Waals surface area contributed by atoms with Crippen LogP contribution < -0.4 is 14.8 Å². The van der Waals surface area contributed by atoms with Crippen molar-refractivity contribution >= 4 is 34.7 Å². The van der Waals surface area contributed by atoms with Gasteiger partial charge in [0.25, 0.3) is 0 Å². The predicted molar refractivity (Wildman–Crippen MR) is 120 cm³/mol. The lowest BCUT2D eigenvalue weighted by atomic mass is 9.84. The van der Waals surface area contributed by atoms with E-state index in [1.165, 1.54) is 0 Å². The Morgan fingerprint density at radius 3 is 2.69 bits per heavy atom. The van der Waals surface area contributed by atoms with Crippen molar-refractivity contribution in [2.24, 2.45) is 5.92 Å². The molecule has 158 valence electrons. The number of allylic oxidation sites excluding steroid dienone is 1. The number of halogens is 1. The number of benzene rings is 1. The Kier molecular flexibility index (Phi) is 7.06. The Morgan fingerprint density at radius 2 is 2.03 bits per heavy atom. The summed E-state index contributed by atoms with van der Waals surface area (Å²) in [6.45, 7) is 9.90. The molecule has 0 fully saturated rings. The van der Waals surface area contributed by atoms with Gasteiger partial charge in [0.05, 0.1) is 24.3 Å². The van der Waals surface area contributed by atoms with Crippen LogP contribution in [0.15, 0.2) is 23.4 Å². The number of hydrogen-bond acceptors (Lipinski definition) is 4. The van der Waals surface area contributed by atoms with E-state index in [1.807, 2.05) is 30.9 Å². The fourth-order valence-electron chi connectivity index (χ4n) is 3.84. The van der Waals surface area contributed by atoms with Gasteiger partial charge in [0.2, 0.25) is 0 Å². The maximum Gasteiger partial charge on any atom is 0.179 e. The molecule has 2 aliphatic rings. The Hall–Kier alpha value is -1.79. The van der Waals surface area contributed by atoms with E-state index < -0.39 is 0 Å². The second-order valence-electron chi connectivity index (χ2n) is 7.73. The molecular formula is C22H29ClN2O3S. The molecule has 1 aliphatic heterocycles. The fraction of sp³-hybridized carbons (Fsp3) is 0.545. The van der Waals surface area contributed by atoms with E-state index in [-0.39, 0.29) is 11.8 Å². The number of hydrogen-bond donors (Lipinski definition) is 1. The lowest BCUT2D eigenvalue weighted by molar-refractivity contribution is -0.116. The first kappa shape index (κ1) is 21.9. The normalized spacial score (nSPS) is 19.4. The van der Waals surface area contributed by atoms with Crippen molar-refractivity contribution < 1.29 is 14.3 Å². The molecule has 5 nitrogen and oxygen atoms in total. The standard InChI is InChI=1S/C22H29ClN2O3S/c1-5-25-16-8-7-9-17(26)19(16)20(24-22(25)29)14-10-15(23)21(28-12-13(3)4)18(11-14)27-6-2/h10-11,13,20H,5-9,12H2,1-4H3,(H,24,29). The number of thiocarbonyl (C=S) groups is 1. The van der Waals surface area contributed by atoms with E-state index in [1.54, 1.807) is 0 Å². The van der Waals surface area contributed by atoms with E-state index >= 15 is 0 Å². The highest BCUT2D eigenvalue weighted by Gasteiger charge is 2.37. The van der Waals surface area contributed by atoms with Crippen molar-refractivity contribution in [3.05, 3.63) is 34.0 Å². The molecule has 1 unspecified atom stereocenters. The van der Waals surface area contributed by atoms with Gasteiger partial charge in [-0.05, 0) is 62.5 Å². The van der Waals surface area contributed by atoms with Crippen molar-refractivity contribution in [3.8, 4) is 11.5 Å². The molecule has 1 aromatic rings. The third kappa shape index (κ3) is 4.53. The van der Waals surface area contributed by atoms with Crippen molar-refractivity contribution in [3.63, 3.8) is 0 Å². The van der Waals surface area contributed by atoms with Crippen LogP contribution in [0.4, 0.5) is 0 Å². The molecule has 1 aliphatic carbocycles. The van der Waals surface area contributed by atoms with Crippen molar-refractivity contribution in [1.29, 1.82) is 0 Å². The van der Waals surface area contributed by atoms with Crippen LogP contribution in [0.1, 0.15) is 58.6 Å². The van der Waals surface area contributed by atoms with E-state index in [2.05, 4.69) is 19.2 Å². The summed E-state index contributed by atoms with van der Waals surface area (Å²) in [5.41, 5.74) is 2.68. The molecular weight excluding hydrogens is 408 g/mol. The third-order valence-electron chi connectivity index (χ3n) is 5.10. The average Bonchev–Trinajstić information content (AvgIpc) is 2.66. The second kappa shape index (κ2) is 9.35. The maximum absolute atomic E-state index is 12.9. The number of nitrogens with one attached hydrogen (secondary N) is 1. The van der Waals surface area contributed by atoms with Crippen LogP contribution >= 0.6 is 23.8 Å². The number of carbonyl (C=O) groups is 1. The van der Waals surface area contributed by atoms with Crippen LogP contribution in [0.3, 0.4) is 0 Å². The van der Waals surface area contributed by atoms with E-state index in [4.69, 9.17) is 33.3 Å². The molecule has 0 amide bonds. The third-order valence-corrected chi connectivity index (χ3v) is 5.72. The molecule has 1 aromatic carbocycles. The average molecular weight is 437 g/mol. The lowest BCUT2D eigenvalue weighted by Crippen LogP contribution is -2.49. The minimum Gasteiger partial charge on any atom is -0.490 e. The second-order valence-corrected chi connectivity index (χ2v) is 8.53. The van der Waals surface area contributed by atoms with Crippen LogP contribution in [0.25, 0.3) is 0 Å². The summed E-state index contributed by atoms with van der Waals surface area (Å²) in [5, 5.41) is 4.47. The van der Waals surface area contributed by atoms with Gasteiger partial charge in [0.15, 0.2) is 22.4 Å². The summed E-state index contributed by atoms with van der Waals surface area (Å²) in [6.07, 6.45) is 2.27. The van der Waals surface area contributed by atoms with E-state index in [0.29, 0.717) is 47.2 Å². The van der Waals surface area contributed by atoms with Crippen molar-refractivity contribution in [2.75, 3.05) is 19.8 Å². The summed E-state index contributed by atoms with van der Waals surface area (Å²) in [4.78, 5) is 14.9. The predicted octanol–water partition coefficient (Wildman–Crippen LogP) is 5.03. The first-order valence-electron chi connectivity index (χ1n) is 10.3. The summed E-state index contributed by atoms with van der Waals surface area (Å²) in [6, 6.07) is 3.44. The Bertz CT molecular complexity index is 838. The molecule has 0 aromatic heterocycles. The molecule has 29 heavy (non-hydrogen) atoms. The molecule has 0 saturated carbocycles. The number of ether oxygens (including phenoxy) is 2. The van der Waals surface area contributed by atoms with Crippen LogP contribution in [0, 0.1) is 5.92 Å². The highest BCUT2D eigenvalue weighted by Crippen LogP contribution is 2.43. The fourth-order valence-corrected chi connectivity index (χ4v) is 4.47. The first-order valence-corrected chi connectivity index (χ1v) is 11.1. The molecule has 1 atom stereocenters. The minimum atomic E-state index is -0.330. The zero-order valence-corrected chi connectivity index (χ0v) is 19.1. The lowest BCUT2D eigenvalue weighted by Gasteiger charge is -2.40. The van der Waals surface area contributed by atoms with Gasteiger partial charge in [-0.1, -0.05) is 25.4 Å². The summed E-state index contributed by atoms with van der Waals surface area (Å²) in [5.74, 6) is 1.67. The van der Waals surface area contributed by atoms with Gasteiger partial charge in [-0.15, -0.1) is 0 Å². The Morgan fingerprint density at radius 1 is 1.28 bits per heavy atom. The van der Waals surface area contributed by atoms with Crippen molar-refractivity contribution in [1.82, 2.24) is 10.2 Å². The molecule has 1 N–H and O–H groups in total. The Balaban J connectivity index is 2.06. The van der Waals surface area contributed by atoms with Gasteiger partial charge in [0, 0.05) is 24.2 Å². The van der Waals surface area contributed by atoms with Gasteiger partial charge in [-0.2, -0.15) is 0 Å². The summed E-state index contributed by atoms with van der Waals surface area (Å²) < 4.78 is 11.7. The summed E-state index contributed by atoms with van der Waals surface area (Å²) in [7, 11) is 0. The van der Waals surface area contributed by atoms with Crippen LogP contribution in [0.5, 0.6) is 11.5 Å². The molecule has 0 spiro atoms. The van der Waals surface area contributed by atoms with Crippen molar-refractivity contribution in [2.45, 2.75) is 53.0 Å². The van der Waals surface area contributed by atoms with Crippen LogP contribution in [-0.2, 0) is 4.79 Å². The topological polar surface area (TPSA) is 50.8 Å². The number of Topliss-reactive ketones (excluding diaryl/α,β-unsaturated/α-hetero) is 1. The van der Waals surface area contributed by atoms with Gasteiger partial charge in [-0.3, -0.25) is 4.79 Å². The van der Waals surface area contributed by atoms with Gasteiger partial charge in [0.1, 0.15) is 0 Å². The molecule has 3 rings (SSSR count). The van der Waals surface area contributed by atoms with E-state index in [9.17, 15) is 4.79 Å². The maximum atomic E-state index is 12.9. The zero-order valence-electron chi connectivity index (χ0n) is 17.5. The first-order chi connectivity index (χ1) is 13.9. The smallest absolute Gasteiger partial charge is 0.179 e. The monoisotopic (exact) mass is 436 g/mol. The van der Waals surface area contributed by atoms with Crippen LogP contribution in [-0.4, -0.2) is 35.6 Å². The Labute approximate surface area is 183 Å². The number of rotatable bonds is 7.